The van der Waals surface area contributed by atoms with E-state index in [0.29, 0.717) is 39.0 Å². The Labute approximate surface area is 127 Å². The van der Waals surface area contributed by atoms with Crippen LogP contribution in [0.4, 0.5) is 8.78 Å². The molecule has 2 aliphatic rings. The Morgan fingerprint density at radius 2 is 1.91 bits per heavy atom. The molecule has 3 rings (SSSR count). The molecule has 0 aliphatic carbocycles. The number of nitrogens with zero attached hydrogens (tertiary/aromatic N) is 1. The summed E-state index contributed by atoms with van der Waals surface area (Å²) in [5.41, 5.74) is -1.12. The van der Waals surface area contributed by atoms with Crippen LogP contribution in [0.25, 0.3) is 0 Å². The van der Waals surface area contributed by atoms with E-state index in [2.05, 4.69) is 0 Å². The van der Waals surface area contributed by atoms with Crippen LogP contribution < -0.4 is 0 Å². The van der Waals surface area contributed by atoms with Crippen LogP contribution in [-0.2, 0) is 4.74 Å². The third-order valence-electron chi connectivity index (χ3n) is 4.69. The third-order valence-corrected chi connectivity index (χ3v) is 4.69. The van der Waals surface area contributed by atoms with Gasteiger partial charge in [-0.3, -0.25) is 4.79 Å². The second kappa shape index (κ2) is 5.93. The summed E-state index contributed by atoms with van der Waals surface area (Å²) < 4.78 is 33.2. The standard InChI is InChI=1S/C16H19F2NO3/c17-11-3-1-4-12(18)14(11)15(21)19-8-6-16(7-9-19)13(20)5-2-10-22-16/h1,3-4,13,20H,2,5-10H2. The molecular weight excluding hydrogens is 292 g/mol. The number of likely N-dealkylation sites (tertiary alicyclic amines) is 1. The van der Waals surface area contributed by atoms with Gasteiger partial charge in [0.25, 0.3) is 5.91 Å². The summed E-state index contributed by atoms with van der Waals surface area (Å²) >= 11 is 0. The van der Waals surface area contributed by atoms with Crippen molar-refractivity contribution < 1.29 is 23.4 Å². The monoisotopic (exact) mass is 311 g/mol. The summed E-state index contributed by atoms with van der Waals surface area (Å²) in [6.45, 7) is 1.25. The molecule has 4 nitrogen and oxygen atoms in total. The molecule has 1 spiro atoms. The summed E-state index contributed by atoms with van der Waals surface area (Å²) in [5, 5.41) is 10.2. The summed E-state index contributed by atoms with van der Waals surface area (Å²) in [5.74, 6) is -2.34. The predicted octanol–water partition coefficient (Wildman–Crippen LogP) is 2.11. The van der Waals surface area contributed by atoms with Crippen LogP contribution >= 0.6 is 0 Å². The summed E-state index contributed by atoms with van der Waals surface area (Å²) in [6, 6.07) is 3.39. The SMILES string of the molecule is O=C(c1c(F)cccc1F)N1CCC2(CC1)OCCCC2O. The number of benzene rings is 1. The molecule has 1 N–H and O–H groups in total. The lowest BCUT2D eigenvalue weighted by Crippen LogP contribution is -2.56. The summed E-state index contributed by atoms with van der Waals surface area (Å²) in [6.07, 6.45) is 1.94. The quantitative estimate of drug-likeness (QED) is 0.864. The zero-order chi connectivity index (χ0) is 15.7. The lowest BCUT2D eigenvalue weighted by atomic mass is 9.82. The maximum absolute atomic E-state index is 13.7. The van der Waals surface area contributed by atoms with Crippen LogP contribution in [0, 0.1) is 11.6 Å². The second-order valence-electron chi connectivity index (χ2n) is 5.96. The van der Waals surface area contributed by atoms with Crippen LogP contribution in [0.15, 0.2) is 18.2 Å². The maximum Gasteiger partial charge on any atom is 0.259 e. The Morgan fingerprint density at radius 1 is 1.27 bits per heavy atom. The van der Waals surface area contributed by atoms with E-state index in [1.807, 2.05) is 0 Å². The second-order valence-corrected chi connectivity index (χ2v) is 5.96. The average Bonchev–Trinajstić information content (AvgIpc) is 2.51. The molecule has 2 aliphatic heterocycles. The van der Waals surface area contributed by atoms with E-state index in [-0.39, 0.29) is 0 Å². The number of carbonyl (C=O) groups excluding carboxylic acids is 1. The average molecular weight is 311 g/mol. The highest BCUT2D eigenvalue weighted by Gasteiger charge is 2.44. The molecule has 1 aromatic carbocycles. The van der Waals surface area contributed by atoms with Crippen molar-refractivity contribution >= 4 is 5.91 Å². The van der Waals surface area contributed by atoms with Crippen LogP contribution in [0.1, 0.15) is 36.0 Å². The van der Waals surface area contributed by atoms with Crippen molar-refractivity contribution in [2.24, 2.45) is 0 Å². The minimum absolute atomic E-state index is 0.323. The van der Waals surface area contributed by atoms with Crippen molar-refractivity contribution in [1.29, 1.82) is 0 Å². The van der Waals surface area contributed by atoms with E-state index in [0.717, 1.165) is 18.6 Å². The molecule has 0 saturated carbocycles. The van der Waals surface area contributed by atoms with Crippen molar-refractivity contribution in [3.63, 3.8) is 0 Å². The third kappa shape index (κ3) is 2.61. The van der Waals surface area contributed by atoms with Gasteiger partial charge < -0.3 is 14.7 Å². The van der Waals surface area contributed by atoms with E-state index in [9.17, 15) is 18.7 Å². The Hall–Kier alpha value is -1.53. The number of piperidine rings is 1. The van der Waals surface area contributed by atoms with Gasteiger partial charge >= 0.3 is 0 Å². The number of rotatable bonds is 1. The van der Waals surface area contributed by atoms with Crippen molar-refractivity contribution in [3.05, 3.63) is 35.4 Å². The Bertz CT molecular complexity index is 550. The van der Waals surface area contributed by atoms with Crippen molar-refractivity contribution in [1.82, 2.24) is 4.90 Å². The van der Waals surface area contributed by atoms with Crippen LogP contribution in [0.3, 0.4) is 0 Å². The van der Waals surface area contributed by atoms with E-state index < -0.39 is 34.8 Å². The van der Waals surface area contributed by atoms with Gasteiger partial charge in [-0.25, -0.2) is 8.78 Å². The number of hydrogen-bond donors (Lipinski definition) is 1. The molecule has 0 radical (unpaired) electrons. The topological polar surface area (TPSA) is 49.8 Å². The largest absolute Gasteiger partial charge is 0.390 e. The van der Waals surface area contributed by atoms with E-state index in [1.54, 1.807) is 0 Å². The van der Waals surface area contributed by atoms with Crippen LogP contribution in [0.2, 0.25) is 0 Å². The number of aliphatic hydroxyl groups is 1. The van der Waals surface area contributed by atoms with E-state index >= 15 is 0 Å². The smallest absolute Gasteiger partial charge is 0.259 e. The number of aliphatic hydroxyl groups excluding tert-OH is 1. The molecular formula is C16H19F2NO3. The van der Waals surface area contributed by atoms with E-state index in [4.69, 9.17) is 4.74 Å². The molecule has 0 bridgehead atoms. The minimum atomic E-state index is -0.848. The Kier molecular flexibility index (Phi) is 4.14. The van der Waals surface area contributed by atoms with Crippen LogP contribution in [0.5, 0.6) is 0 Å². The fourth-order valence-electron chi connectivity index (χ4n) is 3.34. The van der Waals surface area contributed by atoms with E-state index in [1.165, 1.54) is 11.0 Å². The van der Waals surface area contributed by atoms with Crippen molar-refractivity contribution in [2.45, 2.75) is 37.4 Å². The molecule has 2 saturated heterocycles. The number of amides is 1. The van der Waals surface area contributed by atoms with Gasteiger partial charge in [0.15, 0.2) is 0 Å². The van der Waals surface area contributed by atoms with Gasteiger partial charge in [-0.15, -0.1) is 0 Å². The summed E-state index contributed by atoms with van der Waals surface area (Å²) in [7, 11) is 0. The number of halogens is 2. The maximum atomic E-state index is 13.7. The van der Waals surface area contributed by atoms with Gasteiger partial charge in [-0.05, 0) is 37.8 Å². The zero-order valence-electron chi connectivity index (χ0n) is 12.2. The van der Waals surface area contributed by atoms with Gasteiger partial charge in [-0.1, -0.05) is 6.07 Å². The number of ether oxygens (including phenoxy) is 1. The first-order chi connectivity index (χ1) is 10.5. The molecule has 1 atom stereocenters. The van der Waals surface area contributed by atoms with Gasteiger partial charge in [-0.2, -0.15) is 0 Å². The van der Waals surface area contributed by atoms with Gasteiger partial charge in [0.1, 0.15) is 17.2 Å². The highest BCUT2D eigenvalue weighted by molar-refractivity contribution is 5.94. The molecule has 2 heterocycles. The molecule has 1 amide bonds. The molecule has 0 aromatic heterocycles. The first kappa shape index (κ1) is 15.4. The molecule has 22 heavy (non-hydrogen) atoms. The molecule has 120 valence electrons. The first-order valence-electron chi connectivity index (χ1n) is 7.59. The fourth-order valence-corrected chi connectivity index (χ4v) is 3.34. The molecule has 2 fully saturated rings. The summed E-state index contributed by atoms with van der Waals surface area (Å²) in [4.78, 5) is 13.8. The highest BCUT2D eigenvalue weighted by atomic mass is 19.1. The zero-order valence-corrected chi connectivity index (χ0v) is 12.2. The lowest BCUT2D eigenvalue weighted by molar-refractivity contribution is -0.174. The lowest BCUT2D eigenvalue weighted by Gasteiger charge is -2.46. The first-order valence-corrected chi connectivity index (χ1v) is 7.59. The van der Waals surface area contributed by atoms with Gasteiger partial charge in [0, 0.05) is 19.7 Å². The highest BCUT2D eigenvalue weighted by Crippen LogP contribution is 2.35. The predicted molar refractivity (Wildman–Crippen MR) is 75.4 cm³/mol. The van der Waals surface area contributed by atoms with Gasteiger partial charge in [0.2, 0.25) is 0 Å². The molecule has 1 aromatic rings. The van der Waals surface area contributed by atoms with Gasteiger partial charge in [0.05, 0.1) is 11.7 Å². The van der Waals surface area contributed by atoms with Crippen molar-refractivity contribution in [2.75, 3.05) is 19.7 Å². The Balaban J connectivity index is 1.72. The minimum Gasteiger partial charge on any atom is -0.390 e. The normalized spacial score (nSPS) is 24.5. The number of carbonyl (C=O) groups is 1. The Morgan fingerprint density at radius 3 is 2.50 bits per heavy atom. The molecule has 1 unspecified atom stereocenters. The van der Waals surface area contributed by atoms with Crippen LogP contribution in [-0.4, -0.2) is 47.3 Å². The van der Waals surface area contributed by atoms with Crippen molar-refractivity contribution in [3.8, 4) is 0 Å². The fraction of sp³-hybridized carbons (Fsp3) is 0.562. The molecule has 6 heteroatoms. The number of hydrogen-bond acceptors (Lipinski definition) is 3.